The van der Waals surface area contributed by atoms with Gasteiger partial charge in [-0.3, -0.25) is 9.59 Å². The molecule has 0 aliphatic carbocycles. The summed E-state index contributed by atoms with van der Waals surface area (Å²) in [4.78, 5) is 36.5. The molecule has 2 aromatic rings. The van der Waals surface area contributed by atoms with Crippen LogP contribution in [0.25, 0.3) is 10.6 Å². The molecule has 0 atom stereocenters. The maximum absolute atomic E-state index is 12.0. The quantitative estimate of drug-likeness (QED) is 0.618. The highest BCUT2D eigenvalue weighted by atomic mass is 32.1. The fourth-order valence-electron chi connectivity index (χ4n) is 1.98. The van der Waals surface area contributed by atoms with Crippen molar-refractivity contribution >= 4 is 23.3 Å². The van der Waals surface area contributed by atoms with Crippen LogP contribution in [0.3, 0.4) is 0 Å². The van der Waals surface area contributed by atoms with E-state index < -0.39 is 29.0 Å². The summed E-state index contributed by atoms with van der Waals surface area (Å²) in [7, 11) is 2.19. The third-order valence-corrected chi connectivity index (χ3v) is 3.93. The van der Waals surface area contributed by atoms with Crippen molar-refractivity contribution in [2.24, 2.45) is 0 Å². The number of ether oxygens (including phenoxy) is 2. The average molecular weight is 333 g/mol. The first-order valence-electron chi connectivity index (χ1n) is 6.31. The van der Waals surface area contributed by atoms with E-state index in [1.165, 1.54) is 17.4 Å². The van der Waals surface area contributed by atoms with E-state index >= 15 is 0 Å². The molecule has 0 N–H and O–H groups in total. The molecule has 0 spiro atoms. The van der Waals surface area contributed by atoms with Crippen molar-refractivity contribution < 1.29 is 23.5 Å². The zero-order chi connectivity index (χ0) is 17.0. The van der Waals surface area contributed by atoms with Gasteiger partial charge in [0.1, 0.15) is 17.4 Å². The summed E-state index contributed by atoms with van der Waals surface area (Å²) in [5, 5.41) is 10.9. The van der Waals surface area contributed by atoms with E-state index in [4.69, 9.17) is 9.68 Å². The smallest absolute Gasteiger partial charge is 0.354 e. The van der Waals surface area contributed by atoms with Crippen molar-refractivity contribution in [2.45, 2.75) is 5.92 Å². The summed E-state index contributed by atoms with van der Waals surface area (Å²) >= 11 is 1.30. The Labute approximate surface area is 134 Å². The van der Waals surface area contributed by atoms with Crippen LogP contribution in [-0.4, -0.2) is 26.2 Å². The van der Waals surface area contributed by atoms with Gasteiger partial charge in [0.05, 0.1) is 19.1 Å². The van der Waals surface area contributed by atoms with Crippen molar-refractivity contribution in [3.8, 4) is 16.7 Å². The molecule has 0 unspecified atom stereocenters. The number of methoxy groups -OCH3 is 2. The topological polar surface area (TPSA) is 107 Å². The summed E-state index contributed by atoms with van der Waals surface area (Å²) < 4.78 is 14.3. The van der Waals surface area contributed by atoms with E-state index in [0.29, 0.717) is 4.88 Å². The summed E-state index contributed by atoms with van der Waals surface area (Å²) in [6.45, 7) is 0. The van der Waals surface area contributed by atoms with Gasteiger partial charge >= 0.3 is 17.6 Å². The molecule has 2 rings (SSSR count). The van der Waals surface area contributed by atoms with Gasteiger partial charge in [0.2, 0.25) is 0 Å². The molecule has 2 aromatic heterocycles. The molecule has 0 aliphatic heterocycles. The minimum absolute atomic E-state index is 0.106. The van der Waals surface area contributed by atoms with Crippen LogP contribution < -0.4 is 5.63 Å². The predicted octanol–water partition coefficient (Wildman–Crippen LogP) is 1.67. The Kier molecular flexibility index (Phi) is 4.93. The van der Waals surface area contributed by atoms with E-state index in [1.807, 2.05) is 0 Å². The van der Waals surface area contributed by atoms with E-state index in [9.17, 15) is 14.4 Å². The van der Waals surface area contributed by atoms with Crippen LogP contribution in [0.2, 0.25) is 0 Å². The summed E-state index contributed by atoms with van der Waals surface area (Å²) in [5.74, 6) is -3.26. The van der Waals surface area contributed by atoms with Crippen molar-refractivity contribution in [1.29, 1.82) is 5.26 Å². The zero-order valence-electron chi connectivity index (χ0n) is 12.2. The molecule has 0 fully saturated rings. The molecule has 0 saturated heterocycles. The van der Waals surface area contributed by atoms with Gasteiger partial charge in [0.15, 0.2) is 5.92 Å². The molecule has 0 aliphatic rings. The van der Waals surface area contributed by atoms with Gasteiger partial charge in [-0.1, -0.05) is 6.07 Å². The van der Waals surface area contributed by atoms with Gasteiger partial charge in [-0.05, 0) is 17.5 Å². The van der Waals surface area contributed by atoms with Gasteiger partial charge in [-0.2, -0.15) is 5.26 Å². The van der Waals surface area contributed by atoms with Gasteiger partial charge in [0, 0.05) is 5.56 Å². The monoisotopic (exact) mass is 333 g/mol. The first-order valence-corrected chi connectivity index (χ1v) is 7.19. The number of carbonyl (C=O) groups excluding carboxylic acids is 2. The standard InChI is InChI=1S/C15H11NO6S/c1-20-14(18)12(15(19)21-2)8-6-10(11-4-3-5-23-11)22-13(17)9(8)7-16/h3-6,12H,1-2H3. The molecule has 8 heteroatoms. The summed E-state index contributed by atoms with van der Waals surface area (Å²) in [6, 6.07) is 6.41. The Morgan fingerprint density at radius 1 is 1.30 bits per heavy atom. The van der Waals surface area contributed by atoms with Gasteiger partial charge in [0.25, 0.3) is 0 Å². The number of esters is 2. The molecule has 0 aromatic carbocycles. The molecular formula is C15H11NO6S. The number of carbonyl (C=O) groups is 2. The van der Waals surface area contributed by atoms with Crippen molar-refractivity contribution in [3.63, 3.8) is 0 Å². The van der Waals surface area contributed by atoms with Crippen LogP contribution in [0.5, 0.6) is 0 Å². The lowest BCUT2D eigenvalue weighted by Gasteiger charge is -2.14. The highest BCUT2D eigenvalue weighted by Gasteiger charge is 2.34. The molecule has 0 saturated carbocycles. The van der Waals surface area contributed by atoms with Crippen molar-refractivity contribution in [2.75, 3.05) is 14.2 Å². The van der Waals surface area contributed by atoms with Crippen LogP contribution in [-0.2, 0) is 19.1 Å². The minimum Gasteiger partial charge on any atom is -0.468 e. The maximum Gasteiger partial charge on any atom is 0.354 e. The first-order chi connectivity index (χ1) is 11.0. The average Bonchev–Trinajstić information content (AvgIpc) is 3.08. The Balaban J connectivity index is 2.72. The van der Waals surface area contributed by atoms with Crippen molar-refractivity contribution in [3.05, 3.63) is 45.1 Å². The summed E-state index contributed by atoms with van der Waals surface area (Å²) in [5.41, 5.74) is -1.48. The number of hydrogen-bond acceptors (Lipinski definition) is 8. The van der Waals surface area contributed by atoms with Crippen LogP contribution in [0.1, 0.15) is 17.0 Å². The van der Waals surface area contributed by atoms with Gasteiger partial charge in [-0.15, -0.1) is 11.3 Å². The van der Waals surface area contributed by atoms with E-state index in [2.05, 4.69) is 9.47 Å². The van der Waals surface area contributed by atoms with E-state index in [-0.39, 0.29) is 11.3 Å². The lowest BCUT2D eigenvalue weighted by molar-refractivity contribution is -0.154. The highest BCUT2D eigenvalue weighted by Crippen LogP contribution is 2.29. The third-order valence-electron chi connectivity index (χ3n) is 3.04. The second kappa shape index (κ2) is 6.89. The fraction of sp³-hybridized carbons (Fsp3) is 0.200. The Morgan fingerprint density at radius 2 is 1.96 bits per heavy atom. The SMILES string of the molecule is COC(=O)C(C(=O)OC)c1cc(-c2cccs2)oc(=O)c1C#N. The number of hydrogen-bond donors (Lipinski definition) is 0. The zero-order valence-corrected chi connectivity index (χ0v) is 13.0. The van der Waals surface area contributed by atoms with Crippen LogP contribution >= 0.6 is 11.3 Å². The Morgan fingerprint density at radius 3 is 2.43 bits per heavy atom. The largest absolute Gasteiger partial charge is 0.468 e. The number of rotatable bonds is 4. The van der Waals surface area contributed by atoms with Crippen molar-refractivity contribution in [1.82, 2.24) is 0 Å². The molecule has 7 nitrogen and oxygen atoms in total. The minimum atomic E-state index is -1.54. The molecular weight excluding hydrogens is 322 g/mol. The second-order valence-corrected chi connectivity index (χ2v) is 5.24. The third kappa shape index (κ3) is 3.14. The first kappa shape index (κ1) is 16.5. The maximum atomic E-state index is 12.0. The molecule has 2 heterocycles. The molecule has 118 valence electrons. The normalized spacial score (nSPS) is 10.2. The fourth-order valence-corrected chi connectivity index (χ4v) is 2.65. The lowest BCUT2D eigenvalue weighted by atomic mass is 9.95. The lowest BCUT2D eigenvalue weighted by Crippen LogP contribution is -2.27. The number of nitrogens with zero attached hydrogens (tertiary/aromatic N) is 1. The predicted molar refractivity (Wildman–Crippen MR) is 79.8 cm³/mol. The van der Waals surface area contributed by atoms with Crippen LogP contribution in [0.15, 0.2) is 32.8 Å². The molecule has 23 heavy (non-hydrogen) atoms. The number of nitriles is 1. The van der Waals surface area contributed by atoms with E-state index in [1.54, 1.807) is 23.6 Å². The molecule has 0 bridgehead atoms. The Hall–Kier alpha value is -2.92. The van der Waals surface area contributed by atoms with Crippen LogP contribution in [0, 0.1) is 11.3 Å². The van der Waals surface area contributed by atoms with E-state index in [0.717, 1.165) is 14.2 Å². The van der Waals surface area contributed by atoms with Crippen LogP contribution in [0.4, 0.5) is 0 Å². The number of thiophene rings is 1. The Bertz CT molecular complexity index is 815. The molecule has 0 amide bonds. The highest BCUT2D eigenvalue weighted by molar-refractivity contribution is 7.13. The molecule has 0 radical (unpaired) electrons. The van der Waals surface area contributed by atoms with Gasteiger partial charge in [-0.25, -0.2) is 4.79 Å². The second-order valence-electron chi connectivity index (χ2n) is 4.30. The van der Waals surface area contributed by atoms with Gasteiger partial charge < -0.3 is 13.9 Å². The summed E-state index contributed by atoms with van der Waals surface area (Å²) in [6.07, 6.45) is 0.